The van der Waals surface area contributed by atoms with Crippen LogP contribution < -0.4 is 5.32 Å². The predicted octanol–water partition coefficient (Wildman–Crippen LogP) is 2.05. The topological polar surface area (TPSA) is 105 Å². The average Bonchev–Trinajstić information content (AvgIpc) is 2.73. The Kier molecular flexibility index (Phi) is 3.37. The SMILES string of the molecule is CC1(C(=O)O)CCCC1Nc1ccncc1[N+](=O)[O-]. The maximum absolute atomic E-state index is 11.4. The third-order valence-electron chi connectivity index (χ3n) is 3.77. The number of rotatable bonds is 4. The van der Waals surface area contributed by atoms with Crippen LogP contribution in [0.25, 0.3) is 0 Å². The van der Waals surface area contributed by atoms with Crippen molar-refractivity contribution < 1.29 is 14.8 Å². The lowest BCUT2D eigenvalue weighted by Gasteiger charge is -2.28. The minimum absolute atomic E-state index is 0.137. The Morgan fingerprint density at radius 2 is 2.42 bits per heavy atom. The number of anilines is 1. The molecular weight excluding hydrogens is 250 g/mol. The van der Waals surface area contributed by atoms with Gasteiger partial charge in [-0.25, -0.2) is 0 Å². The zero-order valence-electron chi connectivity index (χ0n) is 10.5. The molecule has 2 unspecified atom stereocenters. The predicted molar refractivity (Wildman–Crippen MR) is 67.9 cm³/mol. The van der Waals surface area contributed by atoms with Gasteiger partial charge in [0.2, 0.25) is 0 Å². The van der Waals surface area contributed by atoms with Gasteiger partial charge in [-0.1, -0.05) is 6.42 Å². The molecule has 1 saturated carbocycles. The number of hydrogen-bond donors (Lipinski definition) is 2. The monoisotopic (exact) mass is 265 g/mol. The molecule has 2 atom stereocenters. The van der Waals surface area contributed by atoms with E-state index in [2.05, 4.69) is 10.3 Å². The molecule has 0 spiro atoms. The van der Waals surface area contributed by atoms with Gasteiger partial charge in [-0.05, 0) is 25.8 Å². The summed E-state index contributed by atoms with van der Waals surface area (Å²) in [5.74, 6) is -0.876. The number of carbonyl (C=O) groups is 1. The van der Waals surface area contributed by atoms with Gasteiger partial charge in [0.15, 0.2) is 0 Å². The highest BCUT2D eigenvalue weighted by atomic mass is 16.6. The number of aromatic nitrogens is 1. The van der Waals surface area contributed by atoms with Crippen LogP contribution in [0.3, 0.4) is 0 Å². The standard InChI is InChI=1S/C12H15N3O4/c1-12(11(16)17)5-2-3-10(12)14-8-4-6-13-7-9(8)15(18)19/h4,6-7,10H,2-3,5H2,1H3,(H,13,14)(H,16,17). The Morgan fingerprint density at radius 1 is 1.68 bits per heavy atom. The molecule has 1 aromatic rings. The van der Waals surface area contributed by atoms with Crippen LogP contribution in [-0.4, -0.2) is 27.0 Å². The third kappa shape index (κ3) is 2.35. The molecule has 7 nitrogen and oxygen atoms in total. The number of carboxylic acids is 1. The molecule has 0 saturated heterocycles. The molecule has 0 aromatic carbocycles. The average molecular weight is 265 g/mol. The maximum atomic E-state index is 11.4. The minimum Gasteiger partial charge on any atom is -0.481 e. The van der Waals surface area contributed by atoms with Crippen molar-refractivity contribution in [2.45, 2.75) is 32.2 Å². The van der Waals surface area contributed by atoms with Crippen LogP contribution >= 0.6 is 0 Å². The fraction of sp³-hybridized carbons (Fsp3) is 0.500. The summed E-state index contributed by atoms with van der Waals surface area (Å²) < 4.78 is 0. The molecule has 1 fully saturated rings. The highest BCUT2D eigenvalue weighted by Gasteiger charge is 2.45. The summed E-state index contributed by atoms with van der Waals surface area (Å²) in [7, 11) is 0. The van der Waals surface area contributed by atoms with E-state index >= 15 is 0 Å². The number of hydrogen-bond acceptors (Lipinski definition) is 5. The molecule has 19 heavy (non-hydrogen) atoms. The van der Waals surface area contributed by atoms with E-state index in [0.717, 1.165) is 12.6 Å². The first-order valence-corrected chi connectivity index (χ1v) is 6.03. The lowest BCUT2D eigenvalue weighted by atomic mass is 9.85. The van der Waals surface area contributed by atoms with Crippen LogP contribution in [0, 0.1) is 15.5 Å². The van der Waals surface area contributed by atoms with Gasteiger partial charge in [-0.2, -0.15) is 0 Å². The molecular formula is C12H15N3O4. The molecule has 7 heteroatoms. The fourth-order valence-corrected chi connectivity index (χ4v) is 2.50. The Balaban J connectivity index is 2.27. The zero-order valence-corrected chi connectivity index (χ0v) is 10.5. The summed E-state index contributed by atoms with van der Waals surface area (Å²) >= 11 is 0. The van der Waals surface area contributed by atoms with Crippen molar-refractivity contribution in [1.29, 1.82) is 0 Å². The quantitative estimate of drug-likeness (QED) is 0.637. The van der Waals surface area contributed by atoms with Crippen molar-refractivity contribution in [2.75, 3.05) is 5.32 Å². The summed E-state index contributed by atoms with van der Waals surface area (Å²) in [6, 6.07) is 1.18. The number of nitro groups is 1. The van der Waals surface area contributed by atoms with E-state index in [-0.39, 0.29) is 11.7 Å². The summed E-state index contributed by atoms with van der Waals surface area (Å²) in [4.78, 5) is 25.4. The Hall–Kier alpha value is -2.18. The van der Waals surface area contributed by atoms with E-state index < -0.39 is 16.3 Å². The van der Waals surface area contributed by atoms with Gasteiger partial charge in [0.25, 0.3) is 0 Å². The van der Waals surface area contributed by atoms with Gasteiger partial charge in [-0.15, -0.1) is 0 Å². The first-order chi connectivity index (χ1) is 8.95. The summed E-state index contributed by atoms with van der Waals surface area (Å²) in [6.07, 6.45) is 4.65. The van der Waals surface area contributed by atoms with Crippen molar-refractivity contribution in [2.24, 2.45) is 5.41 Å². The number of pyridine rings is 1. The summed E-state index contributed by atoms with van der Waals surface area (Å²) in [6.45, 7) is 1.67. The molecule has 0 aliphatic heterocycles. The third-order valence-corrected chi connectivity index (χ3v) is 3.77. The van der Waals surface area contributed by atoms with Crippen molar-refractivity contribution in [1.82, 2.24) is 4.98 Å². The molecule has 1 aliphatic carbocycles. The lowest BCUT2D eigenvalue weighted by Crippen LogP contribution is -2.40. The Morgan fingerprint density at radius 3 is 3.05 bits per heavy atom. The molecule has 0 amide bonds. The second-order valence-electron chi connectivity index (χ2n) is 4.96. The second-order valence-corrected chi connectivity index (χ2v) is 4.96. The van der Waals surface area contributed by atoms with Crippen LogP contribution in [0.2, 0.25) is 0 Å². The first-order valence-electron chi connectivity index (χ1n) is 6.03. The second kappa shape index (κ2) is 4.83. The number of carboxylic acid groups (broad SMARTS) is 1. The maximum Gasteiger partial charge on any atom is 0.311 e. The zero-order chi connectivity index (χ0) is 14.0. The Labute approximate surface area is 109 Å². The summed E-state index contributed by atoms with van der Waals surface area (Å²) in [5.41, 5.74) is -0.710. The van der Waals surface area contributed by atoms with E-state index in [1.165, 1.54) is 12.3 Å². The molecule has 0 bridgehead atoms. The van der Waals surface area contributed by atoms with Crippen LogP contribution in [0.4, 0.5) is 11.4 Å². The van der Waals surface area contributed by atoms with Gasteiger partial charge in [0.1, 0.15) is 11.9 Å². The molecule has 1 aliphatic rings. The van der Waals surface area contributed by atoms with Crippen molar-refractivity contribution >= 4 is 17.3 Å². The normalized spacial score (nSPS) is 26.1. The van der Waals surface area contributed by atoms with Crippen molar-refractivity contribution in [3.8, 4) is 0 Å². The number of nitrogens with one attached hydrogen (secondary N) is 1. The molecule has 102 valence electrons. The van der Waals surface area contributed by atoms with Crippen molar-refractivity contribution in [3.05, 3.63) is 28.6 Å². The lowest BCUT2D eigenvalue weighted by molar-refractivity contribution is -0.384. The fourth-order valence-electron chi connectivity index (χ4n) is 2.50. The van der Waals surface area contributed by atoms with Gasteiger partial charge in [0, 0.05) is 12.2 Å². The van der Waals surface area contributed by atoms with Crippen LogP contribution in [0.15, 0.2) is 18.5 Å². The van der Waals surface area contributed by atoms with Gasteiger partial charge in [-0.3, -0.25) is 19.9 Å². The largest absolute Gasteiger partial charge is 0.481 e. The van der Waals surface area contributed by atoms with Crippen LogP contribution in [-0.2, 0) is 4.79 Å². The number of nitrogens with zero attached hydrogens (tertiary/aromatic N) is 2. The minimum atomic E-state index is -0.892. The first kappa shape index (κ1) is 13.3. The Bertz CT molecular complexity index is 519. The van der Waals surface area contributed by atoms with Gasteiger partial charge < -0.3 is 10.4 Å². The smallest absolute Gasteiger partial charge is 0.311 e. The van der Waals surface area contributed by atoms with E-state index in [0.29, 0.717) is 18.5 Å². The molecule has 2 rings (SSSR count). The number of aliphatic carboxylic acids is 1. The van der Waals surface area contributed by atoms with E-state index in [9.17, 15) is 20.0 Å². The van der Waals surface area contributed by atoms with Crippen LogP contribution in [0.1, 0.15) is 26.2 Å². The van der Waals surface area contributed by atoms with E-state index in [4.69, 9.17) is 0 Å². The molecule has 1 aromatic heterocycles. The summed E-state index contributed by atoms with van der Waals surface area (Å²) in [5, 5.41) is 23.2. The van der Waals surface area contributed by atoms with E-state index in [1.54, 1.807) is 6.92 Å². The van der Waals surface area contributed by atoms with Gasteiger partial charge in [0.05, 0.1) is 10.3 Å². The molecule has 0 radical (unpaired) electrons. The van der Waals surface area contributed by atoms with E-state index in [1.807, 2.05) is 0 Å². The van der Waals surface area contributed by atoms with Crippen molar-refractivity contribution in [3.63, 3.8) is 0 Å². The van der Waals surface area contributed by atoms with Gasteiger partial charge >= 0.3 is 11.7 Å². The van der Waals surface area contributed by atoms with Crippen LogP contribution in [0.5, 0.6) is 0 Å². The molecule has 2 N–H and O–H groups in total. The highest BCUT2D eigenvalue weighted by Crippen LogP contribution is 2.40. The molecule has 1 heterocycles. The highest BCUT2D eigenvalue weighted by molar-refractivity contribution is 5.77.